The summed E-state index contributed by atoms with van der Waals surface area (Å²) in [7, 11) is 0. The predicted octanol–water partition coefficient (Wildman–Crippen LogP) is 1.87. The van der Waals surface area contributed by atoms with Gasteiger partial charge in [0, 0.05) is 11.9 Å². The molecule has 2 aromatic heterocycles. The first-order valence-electron chi connectivity index (χ1n) is 5.59. The van der Waals surface area contributed by atoms with Crippen molar-refractivity contribution in [1.29, 1.82) is 0 Å². The molecule has 0 saturated heterocycles. The Hall–Kier alpha value is -1.99. The van der Waals surface area contributed by atoms with Crippen molar-refractivity contribution < 1.29 is 14.4 Å². The van der Waals surface area contributed by atoms with Crippen LogP contribution in [0, 0.1) is 0 Å². The highest BCUT2D eigenvalue weighted by Crippen LogP contribution is 2.20. The van der Waals surface area contributed by atoms with Crippen LogP contribution in [0.2, 0.25) is 0 Å². The summed E-state index contributed by atoms with van der Waals surface area (Å²) in [5.41, 5.74) is 0.872. The molecule has 100 valence electrons. The molecular weight excluding hydrogens is 266 g/mol. The van der Waals surface area contributed by atoms with Crippen LogP contribution in [0.5, 0.6) is 0 Å². The Morgan fingerprint density at radius 2 is 2.47 bits per heavy atom. The van der Waals surface area contributed by atoms with Gasteiger partial charge < -0.3 is 9.63 Å². The molecule has 0 aliphatic rings. The second kappa shape index (κ2) is 6.26. The van der Waals surface area contributed by atoms with Crippen LogP contribution < -0.4 is 0 Å². The Labute approximate surface area is 114 Å². The molecule has 0 bridgehead atoms. The van der Waals surface area contributed by atoms with E-state index in [0.717, 1.165) is 5.56 Å². The van der Waals surface area contributed by atoms with E-state index in [-0.39, 0.29) is 6.54 Å². The smallest absolute Gasteiger partial charge is 0.317 e. The lowest BCUT2D eigenvalue weighted by molar-refractivity contribution is -0.138. The van der Waals surface area contributed by atoms with E-state index in [0.29, 0.717) is 24.8 Å². The third-order valence-corrected chi connectivity index (χ3v) is 3.03. The molecule has 1 N–H and O–H groups in total. The normalized spacial score (nSPS) is 10.8. The van der Waals surface area contributed by atoms with Crippen LogP contribution in [0.15, 0.2) is 34.0 Å². The van der Waals surface area contributed by atoms with Gasteiger partial charge >= 0.3 is 5.97 Å². The molecule has 0 aromatic carbocycles. The average Bonchev–Trinajstić information content (AvgIpc) is 2.97. The number of carboxylic acid groups (broad SMARTS) is 1. The molecule has 0 saturated carbocycles. The third kappa shape index (κ3) is 3.73. The lowest BCUT2D eigenvalue weighted by Gasteiger charge is -2.15. The van der Waals surface area contributed by atoms with Gasteiger partial charge in [-0.25, -0.2) is 0 Å². The van der Waals surface area contributed by atoms with Gasteiger partial charge in [0.25, 0.3) is 5.89 Å². The molecule has 0 aliphatic carbocycles. The van der Waals surface area contributed by atoms with E-state index in [2.05, 4.69) is 16.7 Å². The largest absolute Gasteiger partial charge is 0.480 e. The summed E-state index contributed by atoms with van der Waals surface area (Å²) in [6, 6.07) is 1.89. The SMILES string of the molecule is C=CCN(CC(=O)O)Cc1noc(-c2ccsc2)n1. The minimum atomic E-state index is -0.900. The first kappa shape index (κ1) is 13.4. The quantitative estimate of drug-likeness (QED) is 0.779. The van der Waals surface area contributed by atoms with Crippen LogP contribution >= 0.6 is 11.3 Å². The van der Waals surface area contributed by atoms with Crippen molar-refractivity contribution in [3.05, 3.63) is 35.3 Å². The summed E-state index contributed by atoms with van der Waals surface area (Å²) < 4.78 is 5.14. The van der Waals surface area contributed by atoms with Crippen LogP contribution in [-0.4, -0.2) is 39.2 Å². The summed E-state index contributed by atoms with van der Waals surface area (Å²) in [5, 5.41) is 16.5. The lowest BCUT2D eigenvalue weighted by Crippen LogP contribution is -2.29. The Morgan fingerprint density at radius 1 is 1.63 bits per heavy atom. The van der Waals surface area contributed by atoms with Crippen molar-refractivity contribution in [3.8, 4) is 11.5 Å². The van der Waals surface area contributed by atoms with Crippen molar-refractivity contribution in [3.63, 3.8) is 0 Å². The monoisotopic (exact) mass is 279 g/mol. The van der Waals surface area contributed by atoms with Crippen LogP contribution in [0.4, 0.5) is 0 Å². The number of hydrogen-bond donors (Lipinski definition) is 1. The fourth-order valence-electron chi connectivity index (χ4n) is 1.58. The molecule has 6 nitrogen and oxygen atoms in total. The van der Waals surface area contributed by atoms with Gasteiger partial charge in [-0.3, -0.25) is 9.69 Å². The zero-order valence-corrected chi connectivity index (χ0v) is 11.0. The summed E-state index contributed by atoms with van der Waals surface area (Å²) in [6.07, 6.45) is 1.64. The molecule has 0 radical (unpaired) electrons. The number of carbonyl (C=O) groups is 1. The standard InChI is InChI=1S/C12H13N3O3S/c1-2-4-15(7-11(16)17)6-10-13-12(18-14-10)9-3-5-19-8-9/h2-3,5,8H,1,4,6-7H2,(H,16,17). The maximum absolute atomic E-state index is 10.7. The van der Waals surface area contributed by atoms with Crippen LogP contribution in [0.3, 0.4) is 0 Å². The molecule has 0 spiro atoms. The first-order chi connectivity index (χ1) is 9.19. The van der Waals surface area contributed by atoms with Crippen molar-refractivity contribution in [2.45, 2.75) is 6.54 Å². The topological polar surface area (TPSA) is 79.5 Å². The van der Waals surface area contributed by atoms with Gasteiger partial charge in [0.1, 0.15) is 0 Å². The second-order valence-corrected chi connectivity index (χ2v) is 4.66. The summed E-state index contributed by atoms with van der Waals surface area (Å²) in [5.74, 6) is 0.0119. The highest BCUT2D eigenvalue weighted by atomic mass is 32.1. The number of carboxylic acids is 1. The minimum Gasteiger partial charge on any atom is -0.480 e. The summed E-state index contributed by atoms with van der Waals surface area (Å²) >= 11 is 1.54. The highest BCUT2D eigenvalue weighted by molar-refractivity contribution is 7.08. The van der Waals surface area contributed by atoms with Gasteiger partial charge in [-0.1, -0.05) is 11.2 Å². The van der Waals surface area contributed by atoms with Gasteiger partial charge in [0.15, 0.2) is 5.82 Å². The number of nitrogens with zero attached hydrogens (tertiary/aromatic N) is 3. The van der Waals surface area contributed by atoms with Gasteiger partial charge in [0.2, 0.25) is 0 Å². The maximum Gasteiger partial charge on any atom is 0.317 e. The van der Waals surface area contributed by atoms with Crippen molar-refractivity contribution in [2.75, 3.05) is 13.1 Å². The molecule has 0 unspecified atom stereocenters. The van der Waals surface area contributed by atoms with Crippen LogP contribution in [0.25, 0.3) is 11.5 Å². The molecule has 2 aromatic rings. The Balaban J connectivity index is 2.05. The Morgan fingerprint density at radius 3 is 3.11 bits per heavy atom. The maximum atomic E-state index is 10.7. The van der Waals surface area contributed by atoms with E-state index in [9.17, 15) is 4.79 Å². The summed E-state index contributed by atoms with van der Waals surface area (Å²) in [6.45, 7) is 4.27. The highest BCUT2D eigenvalue weighted by Gasteiger charge is 2.14. The Kier molecular flexibility index (Phi) is 4.43. The molecule has 19 heavy (non-hydrogen) atoms. The van der Waals surface area contributed by atoms with Gasteiger partial charge in [0.05, 0.1) is 18.7 Å². The first-order valence-corrected chi connectivity index (χ1v) is 6.53. The molecule has 2 heterocycles. The molecular formula is C12H13N3O3S. The van der Waals surface area contributed by atoms with E-state index in [1.807, 2.05) is 16.8 Å². The van der Waals surface area contributed by atoms with Gasteiger partial charge in [-0.2, -0.15) is 16.3 Å². The van der Waals surface area contributed by atoms with E-state index in [1.165, 1.54) is 0 Å². The Bertz CT molecular complexity index is 550. The van der Waals surface area contributed by atoms with Crippen molar-refractivity contribution in [1.82, 2.24) is 15.0 Å². The molecule has 0 aliphatic heterocycles. The van der Waals surface area contributed by atoms with E-state index in [4.69, 9.17) is 9.63 Å². The second-order valence-electron chi connectivity index (χ2n) is 3.88. The van der Waals surface area contributed by atoms with Gasteiger partial charge in [-0.05, 0) is 11.4 Å². The fourth-order valence-corrected chi connectivity index (χ4v) is 2.21. The van der Waals surface area contributed by atoms with Crippen molar-refractivity contribution >= 4 is 17.3 Å². The number of aliphatic carboxylic acids is 1. The zero-order chi connectivity index (χ0) is 13.7. The van der Waals surface area contributed by atoms with Gasteiger partial charge in [-0.15, -0.1) is 6.58 Å². The lowest BCUT2D eigenvalue weighted by atomic mass is 10.3. The fraction of sp³-hybridized carbons (Fsp3) is 0.250. The number of aromatic nitrogens is 2. The number of rotatable bonds is 7. The number of thiophene rings is 1. The predicted molar refractivity (Wildman–Crippen MR) is 70.7 cm³/mol. The van der Waals surface area contributed by atoms with Crippen LogP contribution in [-0.2, 0) is 11.3 Å². The van der Waals surface area contributed by atoms with E-state index in [1.54, 1.807) is 22.3 Å². The minimum absolute atomic E-state index is 0.0889. The molecule has 7 heteroatoms. The summed E-state index contributed by atoms with van der Waals surface area (Å²) in [4.78, 5) is 16.6. The van der Waals surface area contributed by atoms with E-state index < -0.39 is 5.97 Å². The number of hydrogen-bond acceptors (Lipinski definition) is 6. The third-order valence-electron chi connectivity index (χ3n) is 2.35. The molecule has 0 fully saturated rings. The van der Waals surface area contributed by atoms with Crippen molar-refractivity contribution in [2.24, 2.45) is 0 Å². The van der Waals surface area contributed by atoms with Crippen LogP contribution in [0.1, 0.15) is 5.82 Å². The molecule has 2 rings (SSSR count). The average molecular weight is 279 g/mol. The molecule has 0 atom stereocenters. The zero-order valence-electron chi connectivity index (χ0n) is 10.2. The van der Waals surface area contributed by atoms with E-state index >= 15 is 0 Å². The molecule has 0 amide bonds.